The number of phenols is 1. The minimum atomic E-state index is -0.932. The van der Waals surface area contributed by atoms with Crippen LogP contribution in [0.1, 0.15) is 12.5 Å². The van der Waals surface area contributed by atoms with Crippen LogP contribution in [0.5, 0.6) is 5.75 Å². The molecule has 2 N–H and O–H groups in total. The minimum Gasteiger partial charge on any atom is -0.508 e. The number of carbonyl (C=O) groups is 2. The third-order valence-electron chi connectivity index (χ3n) is 3.05. The Bertz CT molecular complexity index is 700. The third-order valence-corrected chi connectivity index (χ3v) is 3.29. The number of aromatic hydroxyl groups is 1. The van der Waals surface area contributed by atoms with Crippen molar-refractivity contribution in [1.29, 1.82) is 0 Å². The average molecular weight is 334 g/mol. The van der Waals surface area contributed by atoms with E-state index in [2.05, 4.69) is 5.32 Å². The zero-order valence-corrected chi connectivity index (χ0v) is 13.2. The predicted octanol–water partition coefficient (Wildman–Crippen LogP) is 3.16. The molecule has 2 rings (SSSR count). The number of halogens is 1. The van der Waals surface area contributed by atoms with E-state index in [1.807, 2.05) is 0 Å². The van der Waals surface area contributed by atoms with Gasteiger partial charge in [0.1, 0.15) is 5.75 Å². The Morgan fingerprint density at radius 2 is 1.91 bits per heavy atom. The molecule has 0 bridgehead atoms. The molecule has 5 nitrogen and oxygen atoms in total. The smallest absolute Gasteiger partial charge is 0.311 e. The highest BCUT2D eigenvalue weighted by molar-refractivity contribution is 6.30. The molecule has 0 radical (unpaired) electrons. The number of esters is 1. The molecule has 0 spiro atoms. The van der Waals surface area contributed by atoms with Gasteiger partial charge in [-0.15, -0.1) is 0 Å². The molecule has 0 aliphatic heterocycles. The average Bonchev–Trinajstić information content (AvgIpc) is 2.49. The highest BCUT2D eigenvalue weighted by Crippen LogP contribution is 2.15. The third kappa shape index (κ3) is 5.30. The first-order chi connectivity index (χ1) is 10.9. The number of benzene rings is 2. The van der Waals surface area contributed by atoms with Crippen LogP contribution in [0.4, 0.5) is 5.69 Å². The number of carbonyl (C=O) groups excluding carboxylic acids is 2. The summed E-state index contributed by atoms with van der Waals surface area (Å²) in [6.45, 7) is 1.49. The second-order valence-electron chi connectivity index (χ2n) is 4.97. The second kappa shape index (κ2) is 7.65. The van der Waals surface area contributed by atoms with Gasteiger partial charge in [-0.1, -0.05) is 29.8 Å². The molecule has 0 fully saturated rings. The fourth-order valence-corrected chi connectivity index (χ4v) is 2.07. The molecule has 120 valence electrons. The fraction of sp³-hybridized carbons (Fsp3) is 0.176. The number of phenolic OH excluding ortho intramolecular Hbond substituents is 1. The van der Waals surface area contributed by atoms with Crippen molar-refractivity contribution < 1.29 is 19.4 Å². The van der Waals surface area contributed by atoms with Gasteiger partial charge in [-0.25, -0.2) is 0 Å². The molecule has 0 aromatic heterocycles. The first-order valence-electron chi connectivity index (χ1n) is 6.98. The summed E-state index contributed by atoms with van der Waals surface area (Å²) in [7, 11) is 0. The number of anilines is 1. The maximum atomic E-state index is 12.0. The summed E-state index contributed by atoms with van der Waals surface area (Å²) in [6.07, 6.45) is -0.909. The number of amides is 1. The molecule has 6 heteroatoms. The first kappa shape index (κ1) is 16.8. The van der Waals surface area contributed by atoms with Crippen molar-refractivity contribution in [3.05, 3.63) is 59.1 Å². The maximum absolute atomic E-state index is 12.0. The van der Waals surface area contributed by atoms with Crippen molar-refractivity contribution in [2.75, 3.05) is 5.32 Å². The molecule has 0 saturated heterocycles. The van der Waals surface area contributed by atoms with E-state index >= 15 is 0 Å². The van der Waals surface area contributed by atoms with Crippen molar-refractivity contribution in [2.24, 2.45) is 0 Å². The highest BCUT2D eigenvalue weighted by atomic mass is 35.5. The van der Waals surface area contributed by atoms with E-state index < -0.39 is 18.0 Å². The van der Waals surface area contributed by atoms with Crippen molar-refractivity contribution in [3.8, 4) is 5.75 Å². The van der Waals surface area contributed by atoms with E-state index in [0.717, 1.165) is 0 Å². The Balaban J connectivity index is 1.87. The summed E-state index contributed by atoms with van der Waals surface area (Å²) < 4.78 is 5.10. The van der Waals surface area contributed by atoms with Gasteiger partial charge in [-0.2, -0.15) is 0 Å². The number of hydrogen-bond acceptors (Lipinski definition) is 4. The van der Waals surface area contributed by atoms with Crippen LogP contribution in [0, 0.1) is 0 Å². The molecular weight excluding hydrogens is 318 g/mol. The fourth-order valence-electron chi connectivity index (χ4n) is 1.88. The first-order valence-corrected chi connectivity index (χ1v) is 7.35. The number of hydrogen-bond donors (Lipinski definition) is 2. The van der Waals surface area contributed by atoms with E-state index in [9.17, 15) is 14.7 Å². The SMILES string of the molecule is C[C@@H](OC(=O)Cc1ccc(O)cc1)C(=O)Nc1cccc(Cl)c1. The van der Waals surface area contributed by atoms with E-state index in [0.29, 0.717) is 16.3 Å². The Morgan fingerprint density at radius 1 is 1.22 bits per heavy atom. The summed E-state index contributed by atoms with van der Waals surface area (Å²) in [5, 5.41) is 12.3. The van der Waals surface area contributed by atoms with Crippen LogP contribution in [0.3, 0.4) is 0 Å². The standard InChI is InChI=1S/C17H16ClNO4/c1-11(17(22)19-14-4-2-3-13(18)10-14)23-16(21)9-12-5-7-15(20)8-6-12/h2-8,10-11,20H,9H2,1H3,(H,19,22)/t11-/m1/s1. The molecule has 2 aromatic carbocycles. The van der Waals surface area contributed by atoms with Gasteiger partial charge in [0, 0.05) is 10.7 Å². The second-order valence-corrected chi connectivity index (χ2v) is 5.41. The van der Waals surface area contributed by atoms with Crippen LogP contribution >= 0.6 is 11.6 Å². The largest absolute Gasteiger partial charge is 0.508 e. The zero-order chi connectivity index (χ0) is 16.8. The molecule has 2 aromatic rings. The summed E-state index contributed by atoms with van der Waals surface area (Å²) in [6, 6.07) is 12.9. The van der Waals surface area contributed by atoms with Crippen molar-refractivity contribution in [2.45, 2.75) is 19.4 Å². The molecule has 0 aliphatic carbocycles. The molecule has 1 amide bonds. The quantitative estimate of drug-likeness (QED) is 0.824. The molecular formula is C17H16ClNO4. The lowest BCUT2D eigenvalue weighted by atomic mass is 10.1. The van der Waals surface area contributed by atoms with Crippen molar-refractivity contribution in [1.82, 2.24) is 0 Å². The molecule has 1 atom stereocenters. The van der Waals surface area contributed by atoms with Gasteiger partial charge in [0.05, 0.1) is 6.42 Å². The molecule has 0 heterocycles. The summed E-state index contributed by atoms with van der Waals surface area (Å²) in [4.78, 5) is 23.8. The molecule has 0 unspecified atom stereocenters. The van der Waals surface area contributed by atoms with Gasteiger partial charge in [-0.05, 0) is 42.8 Å². The van der Waals surface area contributed by atoms with Crippen LogP contribution < -0.4 is 5.32 Å². The van der Waals surface area contributed by atoms with Gasteiger partial charge in [0.15, 0.2) is 6.10 Å². The topological polar surface area (TPSA) is 75.6 Å². The maximum Gasteiger partial charge on any atom is 0.311 e. The summed E-state index contributed by atoms with van der Waals surface area (Å²) in [5.74, 6) is -0.841. The van der Waals surface area contributed by atoms with Crippen LogP contribution in [0.15, 0.2) is 48.5 Å². The van der Waals surface area contributed by atoms with Crippen molar-refractivity contribution >= 4 is 29.2 Å². The Kier molecular flexibility index (Phi) is 5.60. The number of ether oxygens (including phenoxy) is 1. The molecule has 0 aliphatic rings. The van der Waals surface area contributed by atoms with Gasteiger partial charge in [0.25, 0.3) is 5.91 Å². The lowest BCUT2D eigenvalue weighted by Crippen LogP contribution is -2.30. The van der Waals surface area contributed by atoms with Gasteiger partial charge >= 0.3 is 5.97 Å². The number of rotatable bonds is 5. The summed E-state index contributed by atoms with van der Waals surface area (Å²) in [5.41, 5.74) is 1.22. The number of nitrogens with one attached hydrogen (secondary N) is 1. The predicted molar refractivity (Wildman–Crippen MR) is 87.4 cm³/mol. The van der Waals surface area contributed by atoms with Gasteiger partial charge in [-0.3, -0.25) is 9.59 Å². The van der Waals surface area contributed by atoms with E-state index in [-0.39, 0.29) is 12.2 Å². The van der Waals surface area contributed by atoms with Gasteiger partial charge < -0.3 is 15.2 Å². The van der Waals surface area contributed by atoms with E-state index in [1.165, 1.54) is 19.1 Å². The Hall–Kier alpha value is -2.53. The lowest BCUT2D eigenvalue weighted by molar-refractivity contribution is -0.152. The highest BCUT2D eigenvalue weighted by Gasteiger charge is 2.18. The lowest BCUT2D eigenvalue weighted by Gasteiger charge is -2.13. The van der Waals surface area contributed by atoms with Crippen LogP contribution in [-0.2, 0) is 20.7 Å². The van der Waals surface area contributed by atoms with Crippen LogP contribution in [0.2, 0.25) is 5.02 Å². The minimum absolute atomic E-state index is 0.0229. The molecule has 0 saturated carbocycles. The normalized spacial score (nSPS) is 11.6. The van der Waals surface area contributed by atoms with Gasteiger partial charge in [0.2, 0.25) is 0 Å². The summed E-state index contributed by atoms with van der Waals surface area (Å²) >= 11 is 5.84. The molecule has 23 heavy (non-hydrogen) atoms. The van der Waals surface area contributed by atoms with Crippen LogP contribution in [-0.4, -0.2) is 23.1 Å². The van der Waals surface area contributed by atoms with Crippen molar-refractivity contribution in [3.63, 3.8) is 0 Å². The van der Waals surface area contributed by atoms with E-state index in [4.69, 9.17) is 16.3 Å². The van der Waals surface area contributed by atoms with Crippen LogP contribution in [0.25, 0.3) is 0 Å². The zero-order valence-electron chi connectivity index (χ0n) is 12.5. The Morgan fingerprint density at radius 3 is 2.57 bits per heavy atom. The Labute approximate surface area is 138 Å². The monoisotopic (exact) mass is 333 g/mol. The van der Waals surface area contributed by atoms with E-state index in [1.54, 1.807) is 36.4 Å².